The minimum atomic E-state index is -0.905. The molecule has 0 aliphatic carbocycles. The Hall–Kier alpha value is -2.03. The van der Waals surface area contributed by atoms with E-state index in [1.54, 1.807) is 30.4 Å². The number of furan rings is 1. The number of hydrogen-bond donors (Lipinski definition) is 2. The van der Waals surface area contributed by atoms with Crippen molar-refractivity contribution in [2.24, 2.45) is 0 Å². The van der Waals surface area contributed by atoms with E-state index in [0.29, 0.717) is 22.1 Å². The van der Waals surface area contributed by atoms with Gasteiger partial charge < -0.3 is 14.8 Å². The van der Waals surface area contributed by atoms with Crippen LogP contribution in [-0.4, -0.2) is 27.1 Å². The van der Waals surface area contributed by atoms with Gasteiger partial charge in [0.1, 0.15) is 22.5 Å². The molecule has 0 bridgehead atoms. The van der Waals surface area contributed by atoms with Crippen molar-refractivity contribution in [3.8, 4) is 11.3 Å². The largest absolute Gasteiger partial charge is 0.458 e. The van der Waals surface area contributed by atoms with E-state index in [-0.39, 0.29) is 12.5 Å². The topological polar surface area (TPSA) is 88.2 Å². The second-order valence-corrected chi connectivity index (χ2v) is 6.16. The zero-order valence-electron chi connectivity index (χ0n) is 11.6. The molecule has 3 aromatic rings. The van der Waals surface area contributed by atoms with E-state index < -0.39 is 6.10 Å². The fourth-order valence-electron chi connectivity index (χ4n) is 1.90. The molecule has 114 valence electrons. The summed E-state index contributed by atoms with van der Waals surface area (Å²) in [7, 11) is 0. The molecule has 1 amide bonds. The number of nitrogens with zero attached hydrogens (tertiary/aromatic N) is 2. The summed E-state index contributed by atoms with van der Waals surface area (Å²) in [5, 5.41) is 20.5. The third kappa shape index (κ3) is 3.08. The van der Waals surface area contributed by atoms with Crippen LogP contribution in [0.25, 0.3) is 11.3 Å². The summed E-state index contributed by atoms with van der Waals surface area (Å²) in [6.45, 7) is 1.78. The molecule has 0 unspecified atom stereocenters. The molecular formula is C14H13N3O3S2. The Kier molecular flexibility index (Phi) is 4.32. The van der Waals surface area contributed by atoms with Crippen LogP contribution in [0.3, 0.4) is 0 Å². The molecule has 22 heavy (non-hydrogen) atoms. The van der Waals surface area contributed by atoms with Crippen LogP contribution in [0.5, 0.6) is 0 Å². The Bertz CT molecular complexity index is 764. The molecule has 1 atom stereocenters. The van der Waals surface area contributed by atoms with Gasteiger partial charge in [-0.3, -0.25) is 4.79 Å². The second kappa shape index (κ2) is 6.39. The molecule has 0 saturated heterocycles. The standard InChI is InChI=1S/C14H13N3O3S2/c1-8-13(22-17-16-8)14(19)15-6-10(18)12-3-2-11(20-12)9-4-5-21-7-9/h2-5,7,10,18H,6H2,1H3,(H,15,19)/t10-/m1/s1. The van der Waals surface area contributed by atoms with E-state index in [2.05, 4.69) is 14.9 Å². The van der Waals surface area contributed by atoms with Crippen molar-refractivity contribution in [1.29, 1.82) is 0 Å². The highest BCUT2D eigenvalue weighted by molar-refractivity contribution is 7.08. The molecule has 3 aromatic heterocycles. The summed E-state index contributed by atoms with van der Waals surface area (Å²) in [4.78, 5) is 12.4. The van der Waals surface area contributed by atoms with Crippen LogP contribution in [0, 0.1) is 6.92 Å². The molecule has 6 nitrogen and oxygen atoms in total. The molecule has 0 radical (unpaired) electrons. The first kappa shape index (κ1) is 14.9. The van der Waals surface area contributed by atoms with Crippen molar-refractivity contribution < 1.29 is 14.3 Å². The summed E-state index contributed by atoms with van der Waals surface area (Å²) in [6.07, 6.45) is -0.905. The first-order chi connectivity index (χ1) is 10.6. The van der Waals surface area contributed by atoms with E-state index in [0.717, 1.165) is 17.1 Å². The number of aliphatic hydroxyl groups excluding tert-OH is 1. The van der Waals surface area contributed by atoms with Gasteiger partial charge in [-0.15, -0.1) is 5.10 Å². The van der Waals surface area contributed by atoms with Crippen molar-refractivity contribution >= 4 is 28.8 Å². The van der Waals surface area contributed by atoms with Crippen molar-refractivity contribution in [3.05, 3.63) is 45.3 Å². The number of aromatic nitrogens is 2. The lowest BCUT2D eigenvalue weighted by Gasteiger charge is -2.08. The number of carbonyl (C=O) groups excluding carboxylic acids is 1. The van der Waals surface area contributed by atoms with Crippen LogP contribution in [0.15, 0.2) is 33.4 Å². The van der Waals surface area contributed by atoms with Gasteiger partial charge in [0.2, 0.25) is 0 Å². The van der Waals surface area contributed by atoms with Gasteiger partial charge in [-0.05, 0) is 42.0 Å². The Balaban J connectivity index is 1.62. The summed E-state index contributed by atoms with van der Waals surface area (Å²) in [5.74, 6) is 0.820. The molecule has 0 aliphatic heterocycles. The number of amides is 1. The van der Waals surface area contributed by atoms with Crippen LogP contribution >= 0.6 is 22.9 Å². The number of nitrogens with one attached hydrogen (secondary N) is 1. The van der Waals surface area contributed by atoms with E-state index >= 15 is 0 Å². The van der Waals surface area contributed by atoms with E-state index in [1.807, 2.05) is 16.8 Å². The Labute approximate surface area is 134 Å². The molecule has 3 rings (SSSR count). The summed E-state index contributed by atoms with van der Waals surface area (Å²) < 4.78 is 9.33. The molecule has 0 saturated carbocycles. The minimum absolute atomic E-state index is 0.0623. The highest BCUT2D eigenvalue weighted by atomic mass is 32.1. The first-order valence-corrected chi connectivity index (χ1v) is 8.24. The van der Waals surface area contributed by atoms with Crippen LogP contribution in [0.2, 0.25) is 0 Å². The van der Waals surface area contributed by atoms with Gasteiger partial charge in [-0.25, -0.2) is 0 Å². The van der Waals surface area contributed by atoms with E-state index in [4.69, 9.17) is 4.42 Å². The maximum atomic E-state index is 11.9. The molecule has 0 aromatic carbocycles. The maximum absolute atomic E-state index is 11.9. The zero-order valence-corrected chi connectivity index (χ0v) is 13.3. The second-order valence-electron chi connectivity index (χ2n) is 4.63. The van der Waals surface area contributed by atoms with E-state index in [9.17, 15) is 9.90 Å². The smallest absolute Gasteiger partial charge is 0.265 e. The summed E-state index contributed by atoms with van der Waals surface area (Å²) >= 11 is 2.61. The predicted octanol–water partition coefficient (Wildman–Crippen LogP) is 2.63. The summed E-state index contributed by atoms with van der Waals surface area (Å²) in [6, 6.07) is 5.46. The monoisotopic (exact) mass is 335 g/mol. The van der Waals surface area contributed by atoms with Gasteiger partial charge in [-0.1, -0.05) is 4.49 Å². The number of aliphatic hydroxyl groups is 1. The average molecular weight is 335 g/mol. The van der Waals surface area contributed by atoms with Gasteiger partial charge >= 0.3 is 0 Å². The van der Waals surface area contributed by atoms with Gasteiger partial charge in [0.05, 0.1) is 12.2 Å². The van der Waals surface area contributed by atoms with Crippen molar-refractivity contribution in [2.45, 2.75) is 13.0 Å². The van der Waals surface area contributed by atoms with Crippen LogP contribution < -0.4 is 5.32 Å². The zero-order chi connectivity index (χ0) is 15.5. The Morgan fingerprint density at radius 1 is 1.45 bits per heavy atom. The highest BCUT2D eigenvalue weighted by Gasteiger charge is 2.17. The number of carbonyl (C=O) groups is 1. The Morgan fingerprint density at radius 3 is 3.00 bits per heavy atom. The van der Waals surface area contributed by atoms with Gasteiger partial charge in [0, 0.05) is 10.9 Å². The van der Waals surface area contributed by atoms with Crippen LogP contribution in [-0.2, 0) is 0 Å². The number of aryl methyl sites for hydroxylation is 1. The molecule has 3 heterocycles. The average Bonchev–Trinajstić information content (AvgIpc) is 3.23. The number of rotatable bonds is 5. The molecular weight excluding hydrogens is 322 g/mol. The van der Waals surface area contributed by atoms with Crippen LogP contribution in [0.4, 0.5) is 0 Å². The lowest BCUT2D eigenvalue weighted by Crippen LogP contribution is -2.28. The lowest BCUT2D eigenvalue weighted by atomic mass is 10.2. The first-order valence-electron chi connectivity index (χ1n) is 6.52. The Morgan fingerprint density at radius 2 is 2.32 bits per heavy atom. The van der Waals surface area contributed by atoms with Gasteiger partial charge in [-0.2, -0.15) is 11.3 Å². The molecule has 0 spiro atoms. The fourth-order valence-corrected chi connectivity index (χ4v) is 3.12. The van der Waals surface area contributed by atoms with Gasteiger partial charge in [0.15, 0.2) is 0 Å². The fraction of sp³-hybridized carbons (Fsp3) is 0.214. The third-order valence-electron chi connectivity index (χ3n) is 3.07. The molecule has 0 fully saturated rings. The molecule has 8 heteroatoms. The lowest BCUT2D eigenvalue weighted by molar-refractivity contribution is 0.0905. The van der Waals surface area contributed by atoms with Crippen molar-refractivity contribution in [3.63, 3.8) is 0 Å². The maximum Gasteiger partial charge on any atom is 0.265 e. The SMILES string of the molecule is Cc1nnsc1C(=O)NC[C@@H](O)c1ccc(-c2ccsc2)o1. The van der Waals surface area contributed by atoms with Crippen molar-refractivity contribution in [2.75, 3.05) is 6.54 Å². The van der Waals surface area contributed by atoms with E-state index in [1.165, 1.54) is 0 Å². The number of hydrogen-bond acceptors (Lipinski definition) is 7. The molecule has 0 aliphatic rings. The van der Waals surface area contributed by atoms with Crippen LogP contribution in [0.1, 0.15) is 27.2 Å². The quantitative estimate of drug-likeness (QED) is 0.748. The number of thiophene rings is 1. The van der Waals surface area contributed by atoms with Gasteiger partial charge in [0.25, 0.3) is 5.91 Å². The predicted molar refractivity (Wildman–Crippen MR) is 84.0 cm³/mol. The normalized spacial score (nSPS) is 12.3. The minimum Gasteiger partial charge on any atom is -0.458 e. The highest BCUT2D eigenvalue weighted by Crippen LogP contribution is 2.26. The molecule has 2 N–H and O–H groups in total. The summed E-state index contributed by atoms with van der Waals surface area (Å²) in [5.41, 5.74) is 1.55. The third-order valence-corrected chi connectivity index (χ3v) is 4.58. The van der Waals surface area contributed by atoms with Crippen molar-refractivity contribution in [1.82, 2.24) is 14.9 Å².